The summed E-state index contributed by atoms with van der Waals surface area (Å²) in [5, 5.41) is 7.99. The Balaban J connectivity index is 0.00000560. The zero-order valence-corrected chi connectivity index (χ0v) is 23.9. The SMILES string of the molecule is CN(C)CCNC(=O)c1ccc(NC(=O)CN2CCC(N=C(N)NC(=O)c3nc(Cl)c(N)nc3N)CC2)cc1.Cl. The molecular weight excluding hydrogens is 561 g/mol. The number of hydrogen-bond acceptors (Lipinski definition) is 10. The van der Waals surface area contributed by atoms with Gasteiger partial charge in [0.1, 0.15) is 0 Å². The molecule has 16 heteroatoms. The Morgan fingerprint density at radius 1 is 1.07 bits per heavy atom. The largest absolute Gasteiger partial charge is 0.382 e. The van der Waals surface area contributed by atoms with Gasteiger partial charge in [-0.05, 0) is 51.2 Å². The van der Waals surface area contributed by atoms with E-state index in [1.54, 1.807) is 24.3 Å². The van der Waals surface area contributed by atoms with Crippen LogP contribution in [0.15, 0.2) is 29.3 Å². The minimum Gasteiger partial charge on any atom is -0.382 e. The summed E-state index contributed by atoms with van der Waals surface area (Å²) in [6.07, 6.45) is 1.30. The van der Waals surface area contributed by atoms with Crippen molar-refractivity contribution in [2.24, 2.45) is 10.7 Å². The van der Waals surface area contributed by atoms with Gasteiger partial charge in [0.05, 0.1) is 12.6 Å². The van der Waals surface area contributed by atoms with Crippen LogP contribution < -0.4 is 33.2 Å². The summed E-state index contributed by atoms with van der Waals surface area (Å²) >= 11 is 5.81. The molecule has 2 heterocycles. The second kappa shape index (κ2) is 15.2. The fourth-order valence-corrected chi connectivity index (χ4v) is 3.95. The second-order valence-electron chi connectivity index (χ2n) is 9.29. The van der Waals surface area contributed by atoms with E-state index in [-0.39, 0.29) is 65.3 Å². The first-order chi connectivity index (χ1) is 18.5. The first-order valence-corrected chi connectivity index (χ1v) is 12.7. The summed E-state index contributed by atoms with van der Waals surface area (Å²) in [4.78, 5) is 53.1. The molecule has 0 saturated carbocycles. The zero-order chi connectivity index (χ0) is 28.5. The molecule has 0 radical (unpaired) electrons. The zero-order valence-electron chi connectivity index (χ0n) is 22.3. The molecule has 14 nitrogen and oxygen atoms in total. The molecule has 0 unspecified atom stereocenters. The lowest BCUT2D eigenvalue weighted by Crippen LogP contribution is -2.42. The van der Waals surface area contributed by atoms with E-state index in [9.17, 15) is 14.4 Å². The molecule has 1 saturated heterocycles. The number of carbonyl (C=O) groups excluding carboxylic acids is 3. The van der Waals surface area contributed by atoms with E-state index < -0.39 is 5.91 Å². The van der Waals surface area contributed by atoms with Crippen molar-refractivity contribution in [3.63, 3.8) is 0 Å². The van der Waals surface area contributed by atoms with E-state index in [0.29, 0.717) is 43.7 Å². The number of piperidine rings is 1. The Morgan fingerprint density at radius 3 is 2.35 bits per heavy atom. The van der Waals surface area contributed by atoms with Crippen molar-refractivity contribution in [3.8, 4) is 0 Å². The number of nitrogens with zero attached hydrogens (tertiary/aromatic N) is 5. The third kappa shape index (κ3) is 9.79. The number of carbonyl (C=O) groups is 3. The Hall–Kier alpha value is -3.72. The summed E-state index contributed by atoms with van der Waals surface area (Å²) < 4.78 is 0. The minimum atomic E-state index is -0.699. The van der Waals surface area contributed by atoms with Crippen molar-refractivity contribution in [1.82, 2.24) is 30.4 Å². The lowest BCUT2D eigenvalue weighted by molar-refractivity contribution is -0.117. The van der Waals surface area contributed by atoms with E-state index in [0.717, 1.165) is 6.54 Å². The molecule has 0 spiro atoms. The lowest BCUT2D eigenvalue weighted by Gasteiger charge is -2.29. The number of hydrogen-bond donors (Lipinski definition) is 6. The Bertz CT molecular complexity index is 1220. The van der Waals surface area contributed by atoms with E-state index in [1.165, 1.54) is 0 Å². The van der Waals surface area contributed by atoms with Crippen LogP contribution in [0.25, 0.3) is 0 Å². The molecule has 9 N–H and O–H groups in total. The number of anilines is 3. The van der Waals surface area contributed by atoms with Gasteiger partial charge in [-0.1, -0.05) is 11.6 Å². The fraction of sp³-hybridized carbons (Fsp3) is 0.417. The quantitative estimate of drug-likeness (QED) is 0.171. The van der Waals surface area contributed by atoms with Crippen molar-refractivity contribution in [3.05, 3.63) is 40.7 Å². The molecule has 1 aromatic heterocycles. The number of aromatic nitrogens is 2. The maximum atomic E-state index is 12.5. The van der Waals surface area contributed by atoms with Crippen LogP contribution in [0.2, 0.25) is 5.15 Å². The van der Waals surface area contributed by atoms with Crippen LogP contribution in [0, 0.1) is 0 Å². The molecule has 0 bridgehead atoms. The smallest absolute Gasteiger partial charge is 0.280 e. The molecule has 1 aromatic carbocycles. The molecule has 3 rings (SSSR count). The van der Waals surface area contributed by atoms with Gasteiger partial charge in [0.2, 0.25) is 5.91 Å². The number of rotatable bonds is 9. The molecule has 40 heavy (non-hydrogen) atoms. The first-order valence-electron chi connectivity index (χ1n) is 12.3. The highest BCUT2D eigenvalue weighted by Gasteiger charge is 2.22. The van der Waals surface area contributed by atoms with Gasteiger partial charge >= 0.3 is 0 Å². The van der Waals surface area contributed by atoms with Crippen LogP contribution in [-0.2, 0) is 4.79 Å². The second-order valence-corrected chi connectivity index (χ2v) is 9.65. The third-order valence-electron chi connectivity index (χ3n) is 5.88. The average molecular weight is 597 g/mol. The van der Waals surface area contributed by atoms with Crippen molar-refractivity contribution in [1.29, 1.82) is 0 Å². The molecule has 218 valence electrons. The van der Waals surface area contributed by atoms with Gasteiger partial charge < -0.3 is 32.7 Å². The summed E-state index contributed by atoms with van der Waals surface area (Å²) in [5.74, 6) is -1.36. The van der Waals surface area contributed by atoms with Gasteiger partial charge in [-0.2, -0.15) is 0 Å². The first kappa shape index (κ1) is 32.5. The van der Waals surface area contributed by atoms with Crippen LogP contribution in [0.5, 0.6) is 0 Å². The monoisotopic (exact) mass is 595 g/mol. The number of amides is 3. The number of nitrogens with one attached hydrogen (secondary N) is 3. The van der Waals surface area contributed by atoms with Crippen LogP contribution in [-0.4, -0.2) is 96.3 Å². The molecule has 1 aliphatic heterocycles. The average Bonchev–Trinajstić information content (AvgIpc) is 2.87. The molecule has 1 aliphatic rings. The predicted octanol–water partition coefficient (Wildman–Crippen LogP) is 0.155. The molecule has 0 aliphatic carbocycles. The maximum Gasteiger partial charge on any atom is 0.280 e. The number of likely N-dealkylation sites (tertiary alicyclic amines) is 1. The van der Waals surface area contributed by atoms with Gasteiger partial charge in [0, 0.05) is 37.4 Å². The maximum absolute atomic E-state index is 12.5. The van der Waals surface area contributed by atoms with E-state index in [1.807, 2.05) is 23.9 Å². The van der Waals surface area contributed by atoms with Gasteiger partial charge in [-0.15, -0.1) is 12.4 Å². The number of likely N-dealkylation sites (N-methyl/N-ethyl adjacent to an activating group) is 1. The molecular formula is C24H35Cl2N11O3. The van der Waals surface area contributed by atoms with Crippen molar-refractivity contribution >= 4 is 65.0 Å². The highest BCUT2D eigenvalue weighted by Crippen LogP contribution is 2.18. The van der Waals surface area contributed by atoms with Crippen molar-refractivity contribution in [2.45, 2.75) is 18.9 Å². The van der Waals surface area contributed by atoms with Crippen LogP contribution in [0.3, 0.4) is 0 Å². The fourth-order valence-electron chi connectivity index (χ4n) is 3.82. The number of nitrogens with two attached hydrogens (primary N) is 3. The number of guanidine groups is 1. The number of benzene rings is 1. The van der Waals surface area contributed by atoms with Gasteiger partial charge in [-0.25, -0.2) is 15.0 Å². The number of aliphatic imine (C=N–C) groups is 1. The van der Waals surface area contributed by atoms with E-state index in [4.69, 9.17) is 28.8 Å². The molecule has 0 atom stereocenters. The number of halogens is 2. The standard InChI is InChI=1S/C24H34ClN11O3.ClH/c1-35(2)12-9-29-22(38)14-3-5-15(6-4-14)30-17(37)13-36-10-7-16(8-11-36)31-24(28)34-23(39)18-20(26)33-21(27)19(25)32-18;/h3-6,16H,7-13H2,1-2H3,(H,29,38)(H,30,37)(H4,26,27,33)(H3,28,31,34,39);1H. The van der Waals surface area contributed by atoms with Crippen molar-refractivity contribution in [2.75, 3.05) is 63.6 Å². The van der Waals surface area contributed by atoms with Gasteiger partial charge in [0.25, 0.3) is 11.8 Å². The Morgan fingerprint density at radius 2 is 1.73 bits per heavy atom. The molecule has 1 fully saturated rings. The van der Waals surface area contributed by atoms with Crippen molar-refractivity contribution < 1.29 is 14.4 Å². The van der Waals surface area contributed by atoms with E-state index >= 15 is 0 Å². The Kier molecular flexibility index (Phi) is 12.3. The number of nitrogen functional groups attached to an aromatic ring is 2. The topological polar surface area (TPSA) is 210 Å². The highest BCUT2D eigenvalue weighted by molar-refractivity contribution is 6.31. The van der Waals surface area contributed by atoms with E-state index in [2.05, 4.69) is 30.9 Å². The van der Waals surface area contributed by atoms with Gasteiger partial charge in [0.15, 0.2) is 28.4 Å². The molecule has 2 aromatic rings. The third-order valence-corrected chi connectivity index (χ3v) is 6.16. The predicted molar refractivity (Wildman–Crippen MR) is 158 cm³/mol. The summed E-state index contributed by atoms with van der Waals surface area (Å²) in [5.41, 5.74) is 18.0. The van der Waals surface area contributed by atoms with Crippen LogP contribution in [0.4, 0.5) is 17.3 Å². The summed E-state index contributed by atoms with van der Waals surface area (Å²) in [6.45, 7) is 2.77. The highest BCUT2D eigenvalue weighted by atomic mass is 35.5. The summed E-state index contributed by atoms with van der Waals surface area (Å²) in [6, 6.07) is 6.63. The lowest BCUT2D eigenvalue weighted by atomic mass is 10.1. The normalized spacial score (nSPS) is 14.3. The van der Waals surface area contributed by atoms with Crippen LogP contribution in [0.1, 0.15) is 33.7 Å². The van der Waals surface area contributed by atoms with Crippen LogP contribution >= 0.6 is 24.0 Å². The molecule has 3 amide bonds. The summed E-state index contributed by atoms with van der Waals surface area (Å²) in [7, 11) is 3.87. The van der Waals surface area contributed by atoms with Gasteiger partial charge in [-0.3, -0.25) is 24.6 Å². The Labute approximate surface area is 243 Å². The minimum absolute atomic E-state index is 0.